The predicted molar refractivity (Wildman–Crippen MR) is 61.9 cm³/mol. The lowest BCUT2D eigenvalue weighted by Crippen LogP contribution is -2.43. The molecule has 6 nitrogen and oxygen atoms in total. The average Bonchev–Trinajstić information content (AvgIpc) is 2.20. The van der Waals surface area contributed by atoms with Crippen molar-refractivity contribution in [1.29, 1.82) is 0 Å². The molecular formula is C11H20N2O4. The molecule has 6 heteroatoms. The van der Waals surface area contributed by atoms with Crippen molar-refractivity contribution in [3.05, 3.63) is 0 Å². The maximum Gasteiger partial charge on any atom is 0.410 e. The first kappa shape index (κ1) is 13.8. The van der Waals surface area contributed by atoms with Gasteiger partial charge in [0.1, 0.15) is 6.10 Å². The lowest BCUT2D eigenvalue weighted by molar-refractivity contribution is -0.139. The number of rotatable bonds is 6. The van der Waals surface area contributed by atoms with Crippen molar-refractivity contribution >= 4 is 12.1 Å². The molecule has 0 aromatic heterocycles. The Balaban J connectivity index is 2.27. The van der Waals surface area contributed by atoms with E-state index in [0.717, 1.165) is 13.0 Å². The van der Waals surface area contributed by atoms with Crippen molar-refractivity contribution in [3.8, 4) is 0 Å². The summed E-state index contributed by atoms with van der Waals surface area (Å²) in [5.74, 6) is -0.927. The number of carboxylic acid groups (broad SMARTS) is 1. The lowest BCUT2D eigenvalue weighted by Gasteiger charge is -2.31. The summed E-state index contributed by atoms with van der Waals surface area (Å²) in [7, 11) is 3.97. The third kappa shape index (κ3) is 5.04. The molecule has 1 atom stereocenters. The largest absolute Gasteiger partial charge is 0.481 e. The zero-order valence-electron chi connectivity index (χ0n) is 10.4. The van der Waals surface area contributed by atoms with Crippen molar-refractivity contribution in [3.63, 3.8) is 0 Å². The number of aliphatic carboxylic acids is 1. The Morgan fingerprint density at radius 3 is 2.82 bits per heavy atom. The van der Waals surface area contributed by atoms with Crippen molar-refractivity contribution in [2.45, 2.75) is 25.4 Å². The second-order valence-corrected chi connectivity index (χ2v) is 4.54. The standard InChI is InChI=1S/C11H20N2O4/c1-12(2)5-3-6-13-7-4-9(8-10(14)15)17-11(13)16/h9H,3-8H2,1-2H3,(H,14,15). The van der Waals surface area contributed by atoms with Crippen LogP contribution in [0.25, 0.3) is 0 Å². The quantitative estimate of drug-likeness (QED) is 0.742. The Kier molecular flexibility index (Phi) is 5.21. The number of hydrogen-bond acceptors (Lipinski definition) is 4. The van der Waals surface area contributed by atoms with E-state index in [0.29, 0.717) is 19.5 Å². The van der Waals surface area contributed by atoms with E-state index in [1.165, 1.54) is 0 Å². The van der Waals surface area contributed by atoms with Gasteiger partial charge in [-0.1, -0.05) is 0 Å². The normalized spacial score (nSPS) is 20.5. The number of hydrogen-bond donors (Lipinski definition) is 1. The maximum atomic E-state index is 11.6. The number of ether oxygens (including phenoxy) is 1. The summed E-state index contributed by atoms with van der Waals surface area (Å²) >= 11 is 0. The first-order valence-electron chi connectivity index (χ1n) is 5.81. The minimum atomic E-state index is -0.927. The van der Waals surface area contributed by atoms with Crippen molar-refractivity contribution in [2.24, 2.45) is 0 Å². The molecular weight excluding hydrogens is 224 g/mol. The zero-order chi connectivity index (χ0) is 12.8. The van der Waals surface area contributed by atoms with Gasteiger partial charge in [0.25, 0.3) is 0 Å². The lowest BCUT2D eigenvalue weighted by atomic mass is 10.1. The fraction of sp³-hybridized carbons (Fsp3) is 0.818. The van der Waals surface area contributed by atoms with Gasteiger partial charge in [0.15, 0.2) is 0 Å². The summed E-state index contributed by atoms with van der Waals surface area (Å²) in [6.07, 6.45) is 0.537. The van der Waals surface area contributed by atoms with Gasteiger partial charge in [-0.05, 0) is 27.1 Å². The van der Waals surface area contributed by atoms with Crippen LogP contribution in [0.2, 0.25) is 0 Å². The smallest absolute Gasteiger partial charge is 0.410 e. The van der Waals surface area contributed by atoms with Gasteiger partial charge in [0.2, 0.25) is 0 Å². The number of carbonyl (C=O) groups is 2. The monoisotopic (exact) mass is 244 g/mol. The fourth-order valence-electron chi connectivity index (χ4n) is 1.79. The molecule has 1 amide bonds. The molecule has 0 bridgehead atoms. The molecule has 17 heavy (non-hydrogen) atoms. The summed E-state index contributed by atoms with van der Waals surface area (Å²) in [6.45, 7) is 2.17. The van der Waals surface area contributed by atoms with Gasteiger partial charge in [-0.15, -0.1) is 0 Å². The van der Waals surface area contributed by atoms with Crippen LogP contribution >= 0.6 is 0 Å². The van der Waals surface area contributed by atoms with Crippen LogP contribution in [0.1, 0.15) is 19.3 Å². The average molecular weight is 244 g/mol. The van der Waals surface area contributed by atoms with Crippen LogP contribution < -0.4 is 0 Å². The summed E-state index contributed by atoms with van der Waals surface area (Å²) in [5.41, 5.74) is 0. The van der Waals surface area contributed by atoms with Gasteiger partial charge in [-0.3, -0.25) is 4.79 Å². The molecule has 1 rings (SSSR count). The number of carboxylic acids is 1. The van der Waals surface area contributed by atoms with E-state index in [2.05, 4.69) is 4.90 Å². The molecule has 0 spiro atoms. The number of carbonyl (C=O) groups excluding carboxylic acids is 1. The van der Waals surface area contributed by atoms with Gasteiger partial charge in [-0.2, -0.15) is 0 Å². The van der Waals surface area contributed by atoms with Crippen LogP contribution in [0.5, 0.6) is 0 Å². The highest BCUT2D eigenvalue weighted by Gasteiger charge is 2.27. The van der Waals surface area contributed by atoms with Gasteiger partial charge < -0.3 is 19.6 Å². The number of amides is 1. The molecule has 1 aliphatic heterocycles. The highest BCUT2D eigenvalue weighted by atomic mass is 16.6. The van der Waals surface area contributed by atoms with Crippen molar-refractivity contribution < 1.29 is 19.4 Å². The molecule has 0 aliphatic carbocycles. The fourth-order valence-corrected chi connectivity index (χ4v) is 1.79. The zero-order valence-corrected chi connectivity index (χ0v) is 10.4. The van der Waals surface area contributed by atoms with Gasteiger partial charge in [0, 0.05) is 19.5 Å². The second kappa shape index (κ2) is 6.44. The van der Waals surface area contributed by atoms with Crippen molar-refractivity contribution in [1.82, 2.24) is 9.80 Å². The van der Waals surface area contributed by atoms with Crippen LogP contribution in [0.15, 0.2) is 0 Å². The summed E-state index contributed by atoms with van der Waals surface area (Å²) < 4.78 is 5.06. The maximum absolute atomic E-state index is 11.6. The van der Waals surface area contributed by atoms with Crippen LogP contribution in [-0.4, -0.2) is 66.8 Å². The van der Waals surface area contributed by atoms with Crippen LogP contribution in [0.4, 0.5) is 4.79 Å². The SMILES string of the molecule is CN(C)CCCN1CCC(CC(=O)O)OC1=O. The Hall–Kier alpha value is -1.30. The van der Waals surface area contributed by atoms with E-state index in [9.17, 15) is 9.59 Å². The summed E-state index contributed by atoms with van der Waals surface area (Å²) in [4.78, 5) is 25.8. The molecule has 1 fully saturated rings. The molecule has 0 radical (unpaired) electrons. The van der Waals surface area contributed by atoms with E-state index < -0.39 is 12.1 Å². The third-order valence-electron chi connectivity index (χ3n) is 2.68. The van der Waals surface area contributed by atoms with E-state index in [1.54, 1.807) is 4.90 Å². The van der Waals surface area contributed by atoms with Gasteiger partial charge in [-0.25, -0.2) is 4.79 Å². The van der Waals surface area contributed by atoms with Crippen molar-refractivity contribution in [2.75, 3.05) is 33.7 Å². The Bertz CT molecular complexity index is 281. The Morgan fingerprint density at radius 1 is 1.59 bits per heavy atom. The van der Waals surface area contributed by atoms with Gasteiger partial charge in [0.05, 0.1) is 6.42 Å². The molecule has 1 N–H and O–H groups in total. The molecule has 1 saturated heterocycles. The molecule has 1 aliphatic rings. The second-order valence-electron chi connectivity index (χ2n) is 4.54. The molecule has 0 aromatic rings. The first-order valence-corrected chi connectivity index (χ1v) is 5.81. The van der Waals surface area contributed by atoms with Crippen LogP contribution in [0.3, 0.4) is 0 Å². The topological polar surface area (TPSA) is 70.1 Å². The Labute approximate surface area is 101 Å². The van der Waals surface area contributed by atoms with Crippen LogP contribution in [-0.2, 0) is 9.53 Å². The van der Waals surface area contributed by atoms with E-state index in [1.807, 2.05) is 14.1 Å². The number of cyclic esters (lactones) is 1. The molecule has 1 unspecified atom stereocenters. The minimum absolute atomic E-state index is 0.0999. The van der Waals surface area contributed by atoms with Crippen LogP contribution in [0, 0.1) is 0 Å². The predicted octanol–water partition coefficient (Wildman–Crippen LogP) is 0.624. The summed E-state index contributed by atoms with van der Waals surface area (Å²) in [6, 6.07) is 0. The van der Waals surface area contributed by atoms with Gasteiger partial charge >= 0.3 is 12.1 Å². The first-order chi connectivity index (χ1) is 7.99. The van der Waals surface area contributed by atoms with E-state index in [4.69, 9.17) is 9.84 Å². The highest BCUT2D eigenvalue weighted by Crippen LogP contribution is 2.15. The Morgan fingerprint density at radius 2 is 2.29 bits per heavy atom. The minimum Gasteiger partial charge on any atom is -0.481 e. The van der Waals surface area contributed by atoms with E-state index in [-0.39, 0.29) is 12.5 Å². The molecule has 1 heterocycles. The molecule has 0 aromatic carbocycles. The van der Waals surface area contributed by atoms with E-state index >= 15 is 0 Å². The summed E-state index contributed by atoms with van der Waals surface area (Å²) in [5, 5.41) is 8.61. The molecule has 98 valence electrons. The number of nitrogens with zero attached hydrogens (tertiary/aromatic N) is 2. The highest BCUT2D eigenvalue weighted by molar-refractivity contribution is 5.71. The third-order valence-corrected chi connectivity index (χ3v) is 2.68. The molecule has 0 saturated carbocycles.